The maximum absolute atomic E-state index is 5.37. The molecule has 6 heteroatoms. The molecular weight excluding hydrogens is 687 g/mol. The van der Waals surface area contributed by atoms with Gasteiger partial charge in [-0.3, -0.25) is 0 Å². The third-order valence-corrected chi connectivity index (χ3v) is 8.99. The lowest BCUT2D eigenvalue weighted by atomic mass is 10.2. The molecule has 4 N–H and O–H groups in total. The van der Waals surface area contributed by atoms with Gasteiger partial charge in [-0.1, -0.05) is 147 Å². The van der Waals surface area contributed by atoms with Crippen molar-refractivity contribution in [3.63, 3.8) is 0 Å². The van der Waals surface area contributed by atoms with Crippen molar-refractivity contribution >= 4 is 64.8 Å². The predicted molar refractivity (Wildman–Crippen MR) is 245 cm³/mol. The normalized spacial score (nSPS) is 8.94. The fourth-order valence-electron chi connectivity index (χ4n) is 4.82. The number of aryl methyl sites for hydroxylation is 4. The summed E-state index contributed by atoms with van der Waals surface area (Å²) in [6, 6.07) is 49.2. The molecule has 0 radical (unpaired) electrons. The summed E-state index contributed by atoms with van der Waals surface area (Å²) in [6.07, 6.45) is 0. The summed E-state index contributed by atoms with van der Waals surface area (Å²) in [4.78, 5) is 7.59. The van der Waals surface area contributed by atoms with Crippen LogP contribution in [-0.4, -0.2) is 9.97 Å². The molecule has 53 heavy (non-hydrogen) atoms. The van der Waals surface area contributed by atoms with Crippen LogP contribution in [-0.2, 0) is 0 Å². The first-order valence-electron chi connectivity index (χ1n) is 16.2. The Morgan fingerprint density at radius 3 is 1.68 bits per heavy atom. The molecular formula is C47H63N3OS2. The van der Waals surface area contributed by atoms with E-state index >= 15 is 0 Å². The van der Waals surface area contributed by atoms with Gasteiger partial charge in [0.2, 0.25) is 0 Å². The Morgan fingerprint density at radius 1 is 0.566 bits per heavy atom. The number of nitrogens with one attached hydrogen (secondary N) is 1. The molecule has 0 saturated heterocycles. The molecule has 9 aromatic rings. The summed E-state index contributed by atoms with van der Waals surface area (Å²) >= 11 is 3.55. The van der Waals surface area contributed by atoms with Crippen molar-refractivity contribution in [1.82, 2.24) is 16.1 Å². The molecule has 0 unspecified atom stereocenters. The molecule has 0 saturated carbocycles. The van der Waals surface area contributed by atoms with Crippen molar-refractivity contribution in [2.75, 3.05) is 0 Å². The van der Waals surface area contributed by atoms with E-state index in [0.29, 0.717) is 0 Å². The van der Waals surface area contributed by atoms with Gasteiger partial charge in [-0.25, -0.2) is 4.98 Å². The van der Waals surface area contributed by atoms with Gasteiger partial charge in [0.05, 0.1) is 15.2 Å². The molecule has 0 fully saturated rings. The molecule has 0 aliphatic rings. The largest absolute Gasteiger partial charge is 0.461 e. The van der Waals surface area contributed by atoms with Crippen molar-refractivity contribution < 1.29 is 4.42 Å². The first kappa shape index (κ1) is 50.1. The number of aromatic nitrogens is 2. The van der Waals surface area contributed by atoms with Crippen LogP contribution in [0.5, 0.6) is 0 Å². The molecule has 5 aromatic carbocycles. The highest BCUT2D eigenvalue weighted by molar-refractivity contribution is 7.18. The van der Waals surface area contributed by atoms with E-state index in [-0.39, 0.29) is 35.9 Å². The fourth-order valence-corrected chi connectivity index (χ4v) is 6.59. The van der Waals surface area contributed by atoms with Crippen LogP contribution in [0.15, 0.2) is 155 Å². The molecule has 0 amide bonds. The van der Waals surface area contributed by atoms with Gasteiger partial charge in [0, 0.05) is 21.3 Å². The number of benzene rings is 5. The van der Waals surface area contributed by atoms with Crippen molar-refractivity contribution in [3.05, 3.63) is 173 Å². The molecule has 0 spiro atoms. The maximum Gasteiger partial charge on any atom is 0.134 e. The van der Waals surface area contributed by atoms with Crippen LogP contribution in [0.1, 0.15) is 65.6 Å². The van der Waals surface area contributed by atoms with Crippen LogP contribution < -0.4 is 6.15 Å². The van der Waals surface area contributed by atoms with E-state index in [0.717, 1.165) is 21.9 Å². The summed E-state index contributed by atoms with van der Waals surface area (Å²) in [5.41, 5.74) is 5.92. The molecule has 9 rings (SSSR count). The van der Waals surface area contributed by atoms with Crippen LogP contribution in [0.4, 0.5) is 0 Å². The molecule has 4 nitrogen and oxygen atoms in total. The van der Waals surface area contributed by atoms with Gasteiger partial charge in [-0.2, -0.15) is 0 Å². The number of rotatable bonds is 0. The van der Waals surface area contributed by atoms with Crippen LogP contribution in [0.3, 0.4) is 0 Å². The number of thiophene rings is 1. The lowest BCUT2D eigenvalue weighted by Crippen LogP contribution is -1.65. The van der Waals surface area contributed by atoms with Gasteiger partial charge in [0.1, 0.15) is 11.3 Å². The summed E-state index contributed by atoms with van der Waals surface area (Å²) < 4.78 is 8.03. The van der Waals surface area contributed by atoms with Crippen LogP contribution in [0.25, 0.3) is 42.2 Å². The number of furan rings is 1. The van der Waals surface area contributed by atoms with Crippen LogP contribution in [0, 0.1) is 27.7 Å². The van der Waals surface area contributed by atoms with Gasteiger partial charge < -0.3 is 15.6 Å². The number of aromatic amines is 1. The van der Waals surface area contributed by atoms with E-state index in [1.807, 2.05) is 130 Å². The van der Waals surface area contributed by atoms with E-state index in [1.165, 1.54) is 42.3 Å². The molecule has 4 aromatic heterocycles. The van der Waals surface area contributed by atoms with Gasteiger partial charge in [-0.05, 0) is 91.9 Å². The van der Waals surface area contributed by atoms with Crippen LogP contribution in [0.2, 0.25) is 0 Å². The Hall–Kier alpha value is -5.01. The van der Waals surface area contributed by atoms with E-state index in [1.54, 1.807) is 11.3 Å². The Morgan fingerprint density at radius 2 is 1.09 bits per heavy atom. The third kappa shape index (κ3) is 15.6. The standard InChI is InChI=1S/C9H9N.C9H8O.C9H8S.C8H7NS.C6H6.C2H6.4CH4.H3N/c2*1-7-6-8-4-2-3-5-9(8)10-7;1-7-6-10-9-5-3-2-4-8(7)9;1-6-9-7-4-2-3-5-8(7)10-6;1-2-4-6-5-3-1;1-2;;;;;/h2-6,10H,1H3;2*2-6H,1H3;2-5H,1H3;1-6H;1-2H3;4*1H4;1H3. The highest BCUT2D eigenvalue weighted by Gasteiger charge is 1.97. The Kier molecular flexibility index (Phi) is 25.3. The van der Waals surface area contributed by atoms with Crippen molar-refractivity contribution in [2.24, 2.45) is 0 Å². The smallest absolute Gasteiger partial charge is 0.134 e. The first-order chi connectivity index (χ1) is 23.5. The second kappa shape index (κ2) is 26.7. The van der Waals surface area contributed by atoms with E-state index in [9.17, 15) is 0 Å². The van der Waals surface area contributed by atoms with Crippen molar-refractivity contribution in [2.45, 2.75) is 71.2 Å². The second-order valence-corrected chi connectivity index (χ2v) is 12.9. The highest BCUT2D eigenvalue weighted by Crippen LogP contribution is 2.24. The average molecular weight is 750 g/mol. The van der Waals surface area contributed by atoms with Gasteiger partial charge in [-0.15, -0.1) is 22.7 Å². The monoisotopic (exact) mass is 749 g/mol. The average Bonchev–Trinajstić information content (AvgIpc) is 3.91. The number of H-pyrrole nitrogens is 1. The quantitative estimate of drug-likeness (QED) is 0.162. The molecule has 0 atom stereocenters. The lowest BCUT2D eigenvalue weighted by Gasteiger charge is -1.86. The zero-order chi connectivity index (χ0) is 34.1. The summed E-state index contributed by atoms with van der Waals surface area (Å²) in [7, 11) is 0. The third-order valence-electron chi connectivity index (χ3n) is 6.96. The number of para-hydroxylation sites is 3. The summed E-state index contributed by atoms with van der Waals surface area (Å²) in [5.74, 6) is 0.973. The lowest BCUT2D eigenvalue weighted by molar-refractivity contribution is 0.578. The zero-order valence-corrected chi connectivity index (χ0v) is 30.9. The second-order valence-electron chi connectivity index (χ2n) is 10.7. The number of hydrogen-bond acceptors (Lipinski definition) is 5. The summed E-state index contributed by atoms with van der Waals surface area (Å²) in [6.45, 7) is 12.2. The highest BCUT2D eigenvalue weighted by atomic mass is 32.1. The Labute approximate surface area is 328 Å². The maximum atomic E-state index is 5.37. The predicted octanol–water partition coefficient (Wildman–Crippen LogP) is 16.5. The Balaban J connectivity index is 0. The molecule has 4 heterocycles. The molecule has 0 aliphatic carbocycles. The van der Waals surface area contributed by atoms with E-state index in [2.05, 4.69) is 83.8 Å². The molecule has 0 bridgehead atoms. The topological polar surface area (TPSA) is 76.8 Å². The Bertz CT molecular complexity index is 1920. The van der Waals surface area contributed by atoms with Crippen LogP contribution >= 0.6 is 22.7 Å². The first-order valence-corrected chi connectivity index (χ1v) is 17.9. The van der Waals surface area contributed by atoms with Gasteiger partial charge in [0.15, 0.2) is 0 Å². The molecule has 0 aliphatic heterocycles. The van der Waals surface area contributed by atoms with Crippen molar-refractivity contribution in [1.29, 1.82) is 0 Å². The number of thiazole rings is 1. The number of fused-ring (bicyclic) bond motifs is 4. The van der Waals surface area contributed by atoms with Gasteiger partial charge >= 0.3 is 0 Å². The minimum atomic E-state index is 0. The van der Waals surface area contributed by atoms with Gasteiger partial charge in [0.25, 0.3) is 0 Å². The SMILES string of the molecule is C.C.C.C.CC.Cc1cc2ccccc2[nH]1.Cc1cc2ccccc2o1.Cc1csc2ccccc12.Cc1nc2ccccc2s1.N.c1ccccc1. The number of nitrogens with zero attached hydrogens (tertiary/aromatic N) is 1. The molecule has 284 valence electrons. The van der Waals surface area contributed by atoms with Crippen molar-refractivity contribution in [3.8, 4) is 0 Å². The number of hydrogen-bond donors (Lipinski definition) is 2. The fraction of sp³-hybridized carbons (Fsp3) is 0.213. The minimum absolute atomic E-state index is 0. The van der Waals surface area contributed by atoms with E-state index < -0.39 is 0 Å². The zero-order valence-electron chi connectivity index (χ0n) is 29.3. The summed E-state index contributed by atoms with van der Waals surface area (Å²) in [5, 5.41) is 7.21. The van der Waals surface area contributed by atoms with E-state index in [4.69, 9.17) is 4.42 Å². The minimum Gasteiger partial charge on any atom is -0.461 e.